The van der Waals surface area contributed by atoms with Crippen LogP contribution in [0.4, 0.5) is 11.6 Å². The number of nitrogens with one attached hydrogen (secondary N) is 2. The maximum Gasteiger partial charge on any atom is 0.230 e. The molecule has 0 bridgehead atoms. The lowest BCUT2D eigenvalue weighted by atomic mass is 9.90. The number of aromatic nitrogens is 2. The fourth-order valence-electron chi connectivity index (χ4n) is 4.06. The number of hydrogen-bond donors (Lipinski definition) is 2. The normalized spacial score (nSPS) is 14.3. The van der Waals surface area contributed by atoms with Gasteiger partial charge in [-0.3, -0.25) is 0 Å². The maximum absolute atomic E-state index is 8.74. The molecule has 0 unspecified atom stereocenters. The van der Waals surface area contributed by atoms with E-state index >= 15 is 0 Å². The lowest BCUT2D eigenvalue weighted by Crippen LogP contribution is -2.26. The van der Waals surface area contributed by atoms with E-state index in [2.05, 4.69) is 44.9 Å². The molecule has 2 heterocycles. The lowest BCUT2D eigenvalue weighted by Gasteiger charge is -2.23. The van der Waals surface area contributed by atoms with Crippen molar-refractivity contribution in [1.82, 2.24) is 15.3 Å². The van der Waals surface area contributed by atoms with Crippen LogP contribution in [0.25, 0.3) is 6.08 Å². The van der Waals surface area contributed by atoms with E-state index in [4.69, 9.17) is 10.00 Å². The topological polar surface area (TPSA) is 82.9 Å². The second-order valence-electron chi connectivity index (χ2n) is 8.04. The number of rotatable bonds is 6. The van der Waals surface area contributed by atoms with Crippen molar-refractivity contribution in [3.05, 3.63) is 77.0 Å². The minimum absolute atomic E-state index is 0.473. The van der Waals surface area contributed by atoms with Gasteiger partial charge >= 0.3 is 0 Å². The summed E-state index contributed by atoms with van der Waals surface area (Å²) >= 11 is 0. The molecule has 1 saturated heterocycles. The molecule has 1 aliphatic rings. The summed E-state index contributed by atoms with van der Waals surface area (Å²) in [5.74, 6) is 2.35. The summed E-state index contributed by atoms with van der Waals surface area (Å²) in [5, 5.41) is 15.4. The monoisotopic (exact) mass is 425 g/mol. The average Bonchev–Trinajstić information content (AvgIpc) is 2.81. The minimum atomic E-state index is 0.473. The third-order valence-corrected chi connectivity index (χ3v) is 5.65. The van der Waals surface area contributed by atoms with Crippen LogP contribution < -0.4 is 15.4 Å². The number of nitriles is 1. The second kappa shape index (κ2) is 10.1. The highest BCUT2D eigenvalue weighted by Crippen LogP contribution is 2.30. The van der Waals surface area contributed by atoms with E-state index in [1.54, 1.807) is 18.3 Å². The zero-order valence-electron chi connectivity index (χ0n) is 18.4. The molecular weight excluding hydrogens is 398 g/mol. The molecule has 0 spiro atoms. The summed E-state index contributed by atoms with van der Waals surface area (Å²) in [6, 6.07) is 16.3. The van der Waals surface area contributed by atoms with E-state index in [0.29, 0.717) is 17.7 Å². The Labute approximate surface area is 189 Å². The number of allylic oxidation sites excluding steroid dienone is 1. The third-order valence-electron chi connectivity index (χ3n) is 5.65. The molecule has 2 aromatic carbocycles. The van der Waals surface area contributed by atoms with Gasteiger partial charge in [0.2, 0.25) is 11.8 Å². The number of benzene rings is 2. The molecule has 162 valence electrons. The van der Waals surface area contributed by atoms with E-state index in [-0.39, 0.29) is 0 Å². The van der Waals surface area contributed by atoms with E-state index in [0.717, 1.165) is 41.2 Å². The van der Waals surface area contributed by atoms with Crippen LogP contribution in [0.1, 0.15) is 41.0 Å². The van der Waals surface area contributed by atoms with Crippen LogP contribution in [0.2, 0.25) is 0 Å². The van der Waals surface area contributed by atoms with Crippen molar-refractivity contribution in [1.29, 1.82) is 5.26 Å². The third kappa shape index (κ3) is 5.32. The Morgan fingerprint density at radius 3 is 2.50 bits per heavy atom. The first-order valence-electron chi connectivity index (χ1n) is 10.9. The van der Waals surface area contributed by atoms with Crippen molar-refractivity contribution >= 4 is 17.7 Å². The molecule has 1 aliphatic heterocycles. The van der Waals surface area contributed by atoms with Crippen LogP contribution in [-0.2, 0) is 0 Å². The van der Waals surface area contributed by atoms with Gasteiger partial charge in [-0.1, -0.05) is 12.1 Å². The maximum atomic E-state index is 8.74. The number of hydrogen-bond acceptors (Lipinski definition) is 6. The zero-order valence-corrected chi connectivity index (χ0v) is 18.4. The summed E-state index contributed by atoms with van der Waals surface area (Å²) in [5.41, 5.74) is 5.25. The Morgan fingerprint density at radius 1 is 1.09 bits per heavy atom. The summed E-state index contributed by atoms with van der Waals surface area (Å²) < 4.78 is 6.09. The number of aryl methyl sites for hydroxylation is 2. The van der Waals surface area contributed by atoms with Gasteiger partial charge in [0.25, 0.3) is 0 Å². The first-order chi connectivity index (χ1) is 15.6. The molecule has 6 nitrogen and oxygen atoms in total. The molecular formula is C26H27N5O. The van der Waals surface area contributed by atoms with Crippen molar-refractivity contribution in [2.75, 3.05) is 18.4 Å². The number of piperidine rings is 1. The Balaban J connectivity index is 1.46. The summed E-state index contributed by atoms with van der Waals surface area (Å²) in [6.45, 7) is 6.14. The lowest BCUT2D eigenvalue weighted by molar-refractivity contribution is 0.455. The summed E-state index contributed by atoms with van der Waals surface area (Å²) in [7, 11) is 0. The van der Waals surface area contributed by atoms with E-state index < -0.39 is 0 Å². The Morgan fingerprint density at radius 2 is 1.81 bits per heavy atom. The molecule has 0 saturated carbocycles. The molecule has 4 rings (SSSR count). The molecule has 0 amide bonds. The van der Waals surface area contributed by atoms with Gasteiger partial charge in [0.15, 0.2) is 0 Å². The molecule has 6 heteroatoms. The number of ether oxygens (including phenoxy) is 1. The predicted molar refractivity (Wildman–Crippen MR) is 127 cm³/mol. The minimum Gasteiger partial charge on any atom is -0.438 e. The molecule has 2 N–H and O–H groups in total. The van der Waals surface area contributed by atoms with Gasteiger partial charge in [-0.05, 0) is 98.3 Å². The standard InChI is InChI=1S/C26H27N5O/c1-18-16-20(4-3-12-27)17-19(2)25(18)32-24-11-15-29-26(31-24)30-23-7-5-21(6-8-23)22-9-13-28-14-10-22/h3-8,11,15-17,22,28H,9-10,13-14H2,1-2H3,(H,29,30,31)/b4-3+. The van der Waals surface area contributed by atoms with Gasteiger partial charge in [-0.25, -0.2) is 4.98 Å². The fraction of sp³-hybridized carbons (Fsp3) is 0.269. The SMILES string of the molecule is Cc1cc(/C=C/C#N)cc(C)c1Oc1ccnc(Nc2ccc(C3CCNCC3)cc2)n1. The van der Waals surface area contributed by atoms with Crippen molar-refractivity contribution < 1.29 is 4.74 Å². The zero-order chi connectivity index (χ0) is 22.3. The predicted octanol–water partition coefficient (Wildman–Crippen LogP) is 5.63. The van der Waals surface area contributed by atoms with Crippen LogP contribution in [-0.4, -0.2) is 23.1 Å². The average molecular weight is 426 g/mol. The van der Waals surface area contributed by atoms with Gasteiger partial charge in [0.05, 0.1) is 6.07 Å². The molecule has 0 atom stereocenters. The first kappa shape index (κ1) is 21.5. The van der Waals surface area contributed by atoms with E-state index in [9.17, 15) is 0 Å². The smallest absolute Gasteiger partial charge is 0.230 e. The highest BCUT2D eigenvalue weighted by Gasteiger charge is 2.15. The Kier molecular flexibility index (Phi) is 6.78. The van der Waals surface area contributed by atoms with Crippen molar-refractivity contribution in [2.24, 2.45) is 0 Å². The van der Waals surface area contributed by atoms with E-state index in [1.165, 1.54) is 24.5 Å². The fourth-order valence-corrected chi connectivity index (χ4v) is 4.06. The van der Waals surface area contributed by atoms with Crippen LogP contribution in [0.15, 0.2) is 54.7 Å². The molecule has 0 radical (unpaired) electrons. The van der Waals surface area contributed by atoms with Crippen LogP contribution in [0, 0.1) is 25.2 Å². The summed E-state index contributed by atoms with van der Waals surface area (Å²) in [6.07, 6.45) is 7.30. The Bertz CT molecular complexity index is 1120. The van der Waals surface area contributed by atoms with Gasteiger partial charge in [-0.15, -0.1) is 0 Å². The first-order valence-corrected chi connectivity index (χ1v) is 10.9. The van der Waals surface area contributed by atoms with Gasteiger partial charge < -0.3 is 15.4 Å². The van der Waals surface area contributed by atoms with Crippen LogP contribution >= 0.6 is 0 Å². The van der Waals surface area contributed by atoms with Crippen LogP contribution in [0.5, 0.6) is 11.6 Å². The number of anilines is 2. The van der Waals surface area contributed by atoms with Gasteiger partial charge in [-0.2, -0.15) is 10.2 Å². The molecule has 0 aliphatic carbocycles. The van der Waals surface area contributed by atoms with Crippen molar-refractivity contribution in [3.8, 4) is 17.7 Å². The highest BCUT2D eigenvalue weighted by atomic mass is 16.5. The second-order valence-corrected chi connectivity index (χ2v) is 8.04. The van der Waals surface area contributed by atoms with Gasteiger partial charge in [0, 0.05) is 24.0 Å². The molecule has 3 aromatic rings. The van der Waals surface area contributed by atoms with E-state index in [1.807, 2.05) is 32.0 Å². The Hall–Kier alpha value is -3.69. The van der Waals surface area contributed by atoms with Crippen molar-refractivity contribution in [2.45, 2.75) is 32.6 Å². The van der Waals surface area contributed by atoms with Crippen LogP contribution in [0.3, 0.4) is 0 Å². The highest BCUT2D eigenvalue weighted by molar-refractivity contribution is 5.58. The largest absolute Gasteiger partial charge is 0.438 e. The molecule has 1 aromatic heterocycles. The summed E-state index contributed by atoms with van der Waals surface area (Å²) in [4.78, 5) is 8.85. The molecule has 1 fully saturated rings. The molecule has 32 heavy (non-hydrogen) atoms. The quantitative estimate of drug-likeness (QED) is 0.498. The van der Waals surface area contributed by atoms with Crippen molar-refractivity contribution in [3.63, 3.8) is 0 Å². The number of nitrogens with zero attached hydrogens (tertiary/aromatic N) is 3. The van der Waals surface area contributed by atoms with Gasteiger partial charge in [0.1, 0.15) is 5.75 Å².